The van der Waals surface area contributed by atoms with E-state index in [1.54, 1.807) is 0 Å². The van der Waals surface area contributed by atoms with Crippen molar-refractivity contribution in [2.24, 2.45) is 5.92 Å². The van der Waals surface area contributed by atoms with Gasteiger partial charge in [0.1, 0.15) is 0 Å². The van der Waals surface area contributed by atoms with Gasteiger partial charge in [-0.2, -0.15) is 0 Å². The van der Waals surface area contributed by atoms with Crippen LogP contribution in [0.5, 0.6) is 0 Å². The highest BCUT2D eigenvalue weighted by Crippen LogP contribution is 2.39. The number of fused-ring (bicyclic) bond motifs is 1. The van der Waals surface area contributed by atoms with E-state index in [0.717, 1.165) is 11.1 Å². The molecule has 15 heavy (non-hydrogen) atoms. The molecule has 0 N–H and O–H groups in total. The first kappa shape index (κ1) is 11.3. The van der Waals surface area contributed by atoms with Gasteiger partial charge in [0.15, 0.2) is 0 Å². The quantitative estimate of drug-likeness (QED) is 0.705. The van der Waals surface area contributed by atoms with Crippen molar-refractivity contribution < 1.29 is 0 Å². The van der Waals surface area contributed by atoms with E-state index in [4.69, 9.17) is 11.6 Å². The van der Waals surface area contributed by atoms with Gasteiger partial charge in [0.25, 0.3) is 0 Å². The van der Waals surface area contributed by atoms with Crippen molar-refractivity contribution in [2.45, 2.75) is 36.3 Å². The van der Waals surface area contributed by atoms with E-state index in [-0.39, 0.29) is 0 Å². The monoisotopic (exact) mass is 240 g/mol. The van der Waals surface area contributed by atoms with Gasteiger partial charge in [-0.15, -0.1) is 23.4 Å². The maximum Gasteiger partial charge on any atom is 0.0249 e. The van der Waals surface area contributed by atoms with Gasteiger partial charge in [-0.05, 0) is 36.8 Å². The molecule has 1 heterocycles. The van der Waals surface area contributed by atoms with Crippen molar-refractivity contribution in [2.75, 3.05) is 5.88 Å². The second-order valence-electron chi connectivity index (χ2n) is 4.39. The van der Waals surface area contributed by atoms with Crippen LogP contribution < -0.4 is 0 Å². The molecule has 0 radical (unpaired) electrons. The van der Waals surface area contributed by atoms with Crippen LogP contribution in [0.1, 0.15) is 25.3 Å². The Labute approximate surface area is 101 Å². The summed E-state index contributed by atoms with van der Waals surface area (Å²) < 4.78 is 0. The molecular formula is C13H17ClS. The Balaban J connectivity index is 1.85. The number of halogens is 1. The number of thioether (sulfide) groups is 1. The van der Waals surface area contributed by atoms with Gasteiger partial charge in [0.2, 0.25) is 0 Å². The minimum absolute atomic E-state index is 0.663. The van der Waals surface area contributed by atoms with Crippen LogP contribution in [0.3, 0.4) is 0 Å². The molecule has 2 rings (SSSR count). The Morgan fingerprint density at radius 2 is 2.27 bits per heavy atom. The summed E-state index contributed by atoms with van der Waals surface area (Å²) in [5.41, 5.74) is 1.53. The Bertz CT molecular complexity index is 299. The average Bonchev–Trinajstić information content (AvgIpc) is 2.68. The lowest BCUT2D eigenvalue weighted by Crippen LogP contribution is -2.05. The second kappa shape index (κ2) is 5.27. The molecule has 1 aromatic rings. The van der Waals surface area contributed by atoms with Crippen LogP contribution in [0.15, 0.2) is 29.2 Å². The number of hydrogen-bond donors (Lipinski definition) is 0. The molecule has 0 saturated heterocycles. The lowest BCUT2D eigenvalue weighted by atomic mass is 10.0. The fourth-order valence-corrected chi connectivity index (χ4v) is 3.45. The van der Waals surface area contributed by atoms with Gasteiger partial charge >= 0.3 is 0 Å². The van der Waals surface area contributed by atoms with E-state index in [2.05, 4.69) is 31.2 Å². The van der Waals surface area contributed by atoms with Gasteiger partial charge in [0, 0.05) is 16.0 Å². The van der Waals surface area contributed by atoms with E-state index in [9.17, 15) is 0 Å². The second-order valence-corrected chi connectivity index (χ2v) is 6.04. The molecule has 0 aromatic heterocycles. The number of alkyl halides is 1. The maximum absolute atomic E-state index is 5.82. The highest BCUT2D eigenvalue weighted by molar-refractivity contribution is 8.00. The normalized spacial score (nSPS) is 21.3. The molecule has 0 spiro atoms. The standard InChI is InChI=1S/C13H17ClS/c1-10(9-14)6-7-12-8-11-4-2-3-5-13(11)15-12/h2-5,10,12H,6-9H2,1H3. The van der Waals surface area contributed by atoms with Crippen molar-refractivity contribution in [1.29, 1.82) is 0 Å². The minimum Gasteiger partial charge on any atom is -0.126 e. The zero-order valence-corrected chi connectivity index (χ0v) is 10.7. The van der Waals surface area contributed by atoms with Crippen LogP contribution in [0, 0.1) is 5.92 Å². The maximum atomic E-state index is 5.82. The summed E-state index contributed by atoms with van der Waals surface area (Å²) in [6.07, 6.45) is 3.80. The van der Waals surface area contributed by atoms with Gasteiger partial charge in [0.05, 0.1) is 0 Å². The number of benzene rings is 1. The van der Waals surface area contributed by atoms with E-state index in [0.29, 0.717) is 5.92 Å². The van der Waals surface area contributed by atoms with E-state index in [1.807, 2.05) is 11.8 Å². The third-order valence-corrected chi connectivity index (χ3v) is 4.87. The average molecular weight is 241 g/mol. The van der Waals surface area contributed by atoms with E-state index in [1.165, 1.54) is 29.7 Å². The van der Waals surface area contributed by atoms with Gasteiger partial charge in [-0.3, -0.25) is 0 Å². The van der Waals surface area contributed by atoms with Crippen LogP contribution in [0.4, 0.5) is 0 Å². The summed E-state index contributed by atoms with van der Waals surface area (Å²) in [4.78, 5) is 1.49. The predicted octanol–water partition coefficient (Wildman–Crippen LogP) is 4.36. The minimum atomic E-state index is 0.663. The Hall–Kier alpha value is -0.140. The predicted molar refractivity (Wildman–Crippen MR) is 68.9 cm³/mol. The first-order chi connectivity index (χ1) is 7.29. The summed E-state index contributed by atoms with van der Waals surface area (Å²) in [6, 6.07) is 8.77. The van der Waals surface area contributed by atoms with Crippen LogP contribution >= 0.6 is 23.4 Å². The van der Waals surface area contributed by atoms with Crippen molar-refractivity contribution >= 4 is 23.4 Å². The molecule has 1 aliphatic heterocycles. The molecule has 0 bridgehead atoms. The molecular weight excluding hydrogens is 224 g/mol. The molecule has 2 unspecified atom stereocenters. The largest absolute Gasteiger partial charge is 0.126 e. The summed E-state index contributed by atoms with van der Waals surface area (Å²) in [5.74, 6) is 1.46. The number of rotatable bonds is 4. The molecule has 0 nitrogen and oxygen atoms in total. The molecule has 82 valence electrons. The molecule has 0 amide bonds. The number of hydrogen-bond acceptors (Lipinski definition) is 1. The Morgan fingerprint density at radius 3 is 3.00 bits per heavy atom. The fourth-order valence-electron chi connectivity index (χ4n) is 1.96. The third-order valence-electron chi connectivity index (χ3n) is 2.96. The SMILES string of the molecule is CC(CCl)CCC1Cc2ccccc2S1. The van der Waals surface area contributed by atoms with Crippen LogP contribution in [0.2, 0.25) is 0 Å². The van der Waals surface area contributed by atoms with Crippen LogP contribution in [0.25, 0.3) is 0 Å². The highest BCUT2D eigenvalue weighted by atomic mass is 35.5. The molecule has 0 saturated carbocycles. The molecule has 0 fully saturated rings. The summed E-state index contributed by atoms with van der Waals surface area (Å²) >= 11 is 7.87. The summed E-state index contributed by atoms with van der Waals surface area (Å²) in [6.45, 7) is 2.24. The zero-order valence-electron chi connectivity index (χ0n) is 9.08. The molecule has 2 heteroatoms. The van der Waals surface area contributed by atoms with Gasteiger partial charge < -0.3 is 0 Å². The summed E-state index contributed by atoms with van der Waals surface area (Å²) in [5, 5.41) is 0.785. The van der Waals surface area contributed by atoms with E-state index < -0.39 is 0 Å². The fraction of sp³-hybridized carbons (Fsp3) is 0.538. The van der Waals surface area contributed by atoms with Crippen molar-refractivity contribution in [3.8, 4) is 0 Å². The molecule has 1 aliphatic rings. The van der Waals surface area contributed by atoms with Crippen molar-refractivity contribution in [3.63, 3.8) is 0 Å². The lowest BCUT2D eigenvalue weighted by Gasteiger charge is -2.11. The summed E-state index contributed by atoms with van der Waals surface area (Å²) in [7, 11) is 0. The van der Waals surface area contributed by atoms with Gasteiger partial charge in [-0.1, -0.05) is 25.1 Å². The molecule has 2 atom stereocenters. The van der Waals surface area contributed by atoms with Crippen molar-refractivity contribution in [1.82, 2.24) is 0 Å². The van der Waals surface area contributed by atoms with E-state index >= 15 is 0 Å². The van der Waals surface area contributed by atoms with Crippen LogP contribution in [-0.2, 0) is 6.42 Å². The topological polar surface area (TPSA) is 0 Å². The van der Waals surface area contributed by atoms with Gasteiger partial charge in [-0.25, -0.2) is 0 Å². The first-order valence-corrected chi connectivity index (χ1v) is 7.01. The van der Waals surface area contributed by atoms with Crippen LogP contribution in [-0.4, -0.2) is 11.1 Å². The smallest absolute Gasteiger partial charge is 0.0249 e. The Morgan fingerprint density at radius 1 is 1.47 bits per heavy atom. The molecule has 0 aliphatic carbocycles. The zero-order chi connectivity index (χ0) is 10.7. The Kier molecular flexibility index (Phi) is 3.99. The molecule has 1 aromatic carbocycles. The third kappa shape index (κ3) is 2.92. The first-order valence-electron chi connectivity index (χ1n) is 5.60. The lowest BCUT2D eigenvalue weighted by molar-refractivity contribution is 0.551. The van der Waals surface area contributed by atoms with Crippen molar-refractivity contribution in [3.05, 3.63) is 29.8 Å². The highest BCUT2D eigenvalue weighted by Gasteiger charge is 2.21.